The van der Waals surface area contributed by atoms with Crippen LogP contribution in [-0.4, -0.2) is 55.2 Å². The molecule has 1 atom stereocenters. The summed E-state index contributed by atoms with van der Waals surface area (Å²) in [7, 11) is 1.54. The monoisotopic (exact) mass is 438 g/mol. The van der Waals surface area contributed by atoms with Gasteiger partial charge in [0.1, 0.15) is 12.6 Å². The molecular formula is C20H21F3N4O4. The van der Waals surface area contributed by atoms with E-state index in [1.54, 1.807) is 0 Å². The van der Waals surface area contributed by atoms with E-state index in [4.69, 9.17) is 9.47 Å². The van der Waals surface area contributed by atoms with Crippen molar-refractivity contribution in [3.8, 4) is 5.88 Å². The lowest BCUT2D eigenvalue weighted by atomic mass is 9.96. The number of alkyl halides is 3. The molecule has 0 radical (unpaired) electrons. The average molecular weight is 438 g/mol. The molecule has 1 aromatic carbocycles. The number of urea groups is 1. The molecule has 0 aliphatic carbocycles. The van der Waals surface area contributed by atoms with Crippen LogP contribution in [-0.2, 0) is 15.7 Å². The Balaban J connectivity index is 1.79. The van der Waals surface area contributed by atoms with E-state index in [0.29, 0.717) is 24.8 Å². The summed E-state index contributed by atoms with van der Waals surface area (Å²) in [5.74, 6) is -0.359. The summed E-state index contributed by atoms with van der Waals surface area (Å²) in [6, 6.07) is 5.66. The lowest BCUT2D eigenvalue weighted by Crippen LogP contribution is -2.53. The van der Waals surface area contributed by atoms with Crippen molar-refractivity contribution in [3.05, 3.63) is 53.7 Å². The van der Waals surface area contributed by atoms with E-state index >= 15 is 0 Å². The number of anilines is 1. The number of hydrogen-bond donors (Lipinski definition) is 2. The molecule has 0 saturated carbocycles. The number of aromatic nitrogens is 1. The van der Waals surface area contributed by atoms with Crippen LogP contribution in [0.4, 0.5) is 23.7 Å². The molecule has 166 valence electrons. The van der Waals surface area contributed by atoms with Gasteiger partial charge in [-0.25, -0.2) is 9.78 Å². The summed E-state index contributed by atoms with van der Waals surface area (Å²) in [6.07, 6.45) is -3.32. The summed E-state index contributed by atoms with van der Waals surface area (Å²) in [6.45, 7) is 0.859. The Morgan fingerprint density at radius 3 is 2.71 bits per heavy atom. The van der Waals surface area contributed by atoms with Gasteiger partial charge in [-0.2, -0.15) is 13.2 Å². The molecule has 0 unspecified atom stereocenters. The van der Waals surface area contributed by atoms with Crippen LogP contribution in [0.2, 0.25) is 0 Å². The Kier molecular flexibility index (Phi) is 6.95. The van der Waals surface area contributed by atoms with E-state index in [0.717, 1.165) is 11.0 Å². The maximum atomic E-state index is 13.5. The van der Waals surface area contributed by atoms with Crippen LogP contribution in [0.1, 0.15) is 17.2 Å². The lowest BCUT2D eigenvalue weighted by molar-refractivity contribution is -0.139. The number of ether oxygens (including phenoxy) is 2. The van der Waals surface area contributed by atoms with E-state index in [2.05, 4.69) is 15.6 Å². The molecule has 2 heterocycles. The highest BCUT2D eigenvalue weighted by Gasteiger charge is 2.41. The van der Waals surface area contributed by atoms with Crippen LogP contribution in [0.25, 0.3) is 0 Å². The smallest absolute Gasteiger partial charge is 0.416 e. The number of amides is 3. The summed E-state index contributed by atoms with van der Waals surface area (Å²) >= 11 is 0. The number of nitrogens with zero attached hydrogens (tertiary/aromatic N) is 2. The van der Waals surface area contributed by atoms with Crippen molar-refractivity contribution >= 4 is 17.6 Å². The maximum absolute atomic E-state index is 13.5. The predicted octanol–water partition coefficient (Wildman–Crippen LogP) is 2.83. The van der Waals surface area contributed by atoms with Gasteiger partial charge in [0.2, 0.25) is 11.8 Å². The first-order valence-electron chi connectivity index (χ1n) is 9.40. The molecule has 8 nitrogen and oxygen atoms in total. The summed E-state index contributed by atoms with van der Waals surface area (Å²) in [4.78, 5) is 30.4. The van der Waals surface area contributed by atoms with Gasteiger partial charge in [0.05, 0.1) is 24.1 Å². The molecule has 11 heteroatoms. The lowest BCUT2D eigenvalue weighted by Gasteiger charge is -2.36. The van der Waals surface area contributed by atoms with Gasteiger partial charge in [-0.3, -0.25) is 4.79 Å². The number of nitrogens with one attached hydrogen (secondary N) is 2. The fourth-order valence-corrected chi connectivity index (χ4v) is 3.15. The van der Waals surface area contributed by atoms with Crippen LogP contribution in [0.15, 0.2) is 42.6 Å². The number of rotatable bonds is 6. The van der Waals surface area contributed by atoms with Crippen LogP contribution >= 0.6 is 0 Å². The minimum Gasteiger partial charge on any atom is -0.475 e. The maximum Gasteiger partial charge on any atom is 0.416 e. The first-order chi connectivity index (χ1) is 14.8. The van der Waals surface area contributed by atoms with E-state index in [9.17, 15) is 22.8 Å². The minimum atomic E-state index is -4.67. The zero-order chi connectivity index (χ0) is 22.4. The average Bonchev–Trinajstić information content (AvgIpc) is 2.74. The Morgan fingerprint density at radius 2 is 2.03 bits per heavy atom. The van der Waals surface area contributed by atoms with Gasteiger partial charge < -0.3 is 25.0 Å². The highest BCUT2D eigenvalue weighted by Crippen LogP contribution is 2.37. The largest absolute Gasteiger partial charge is 0.475 e. The third kappa shape index (κ3) is 5.43. The van der Waals surface area contributed by atoms with Gasteiger partial charge in [0.15, 0.2) is 0 Å². The highest BCUT2D eigenvalue weighted by molar-refractivity contribution is 5.95. The highest BCUT2D eigenvalue weighted by atomic mass is 19.4. The predicted molar refractivity (Wildman–Crippen MR) is 105 cm³/mol. The Hall–Kier alpha value is -3.34. The quantitative estimate of drug-likeness (QED) is 0.677. The minimum absolute atomic E-state index is 0.0417. The summed E-state index contributed by atoms with van der Waals surface area (Å²) in [5, 5.41) is 5.09. The van der Waals surface area contributed by atoms with E-state index in [-0.39, 0.29) is 18.7 Å². The Labute approximate surface area is 176 Å². The number of methoxy groups -OCH3 is 1. The van der Waals surface area contributed by atoms with Crippen molar-refractivity contribution in [2.24, 2.45) is 0 Å². The second kappa shape index (κ2) is 9.65. The van der Waals surface area contributed by atoms with Crippen LogP contribution < -0.4 is 15.4 Å². The van der Waals surface area contributed by atoms with Crippen LogP contribution in [0.3, 0.4) is 0 Å². The van der Waals surface area contributed by atoms with Crippen molar-refractivity contribution in [2.45, 2.75) is 12.2 Å². The van der Waals surface area contributed by atoms with Crippen molar-refractivity contribution in [3.63, 3.8) is 0 Å². The second-order valence-corrected chi connectivity index (χ2v) is 6.63. The molecule has 1 aliphatic heterocycles. The van der Waals surface area contributed by atoms with E-state index in [1.165, 1.54) is 43.6 Å². The van der Waals surface area contributed by atoms with E-state index < -0.39 is 29.7 Å². The van der Waals surface area contributed by atoms with Gasteiger partial charge in [0.25, 0.3) is 0 Å². The van der Waals surface area contributed by atoms with Crippen molar-refractivity contribution in [1.29, 1.82) is 0 Å². The Bertz CT molecular complexity index is 921. The number of pyridine rings is 1. The molecule has 1 aliphatic rings. The van der Waals surface area contributed by atoms with Crippen LogP contribution in [0, 0.1) is 0 Å². The number of carbonyl (C=O) groups is 2. The third-order valence-electron chi connectivity index (χ3n) is 4.56. The third-order valence-corrected chi connectivity index (χ3v) is 4.56. The summed E-state index contributed by atoms with van der Waals surface area (Å²) in [5.41, 5.74) is -0.950. The van der Waals surface area contributed by atoms with Gasteiger partial charge in [-0.05, 0) is 17.7 Å². The van der Waals surface area contributed by atoms with Gasteiger partial charge in [0, 0.05) is 26.3 Å². The van der Waals surface area contributed by atoms with Crippen molar-refractivity contribution < 1.29 is 32.2 Å². The Morgan fingerprint density at radius 1 is 1.26 bits per heavy atom. The summed E-state index contributed by atoms with van der Waals surface area (Å²) < 4.78 is 50.6. The molecule has 1 fully saturated rings. The normalized spacial score (nSPS) is 16.6. The molecule has 0 spiro atoms. The SMILES string of the molecule is COCCOc1ccc(NC(=O)N2CCNC(=O)[C@H]2c2ccccc2C(F)(F)F)cn1. The molecule has 1 saturated heterocycles. The topological polar surface area (TPSA) is 92.8 Å². The zero-order valence-corrected chi connectivity index (χ0v) is 16.6. The van der Waals surface area contributed by atoms with Crippen LogP contribution in [0.5, 0.6) is 5.88 Å². The molecule has 3 amide bonds. The second-order valence-electron chi connectivity index (χ2n) is 6.63. The zero-order valence-electron chi connectivity index (χ0n) is 16.6. The standard InChI is InChI=1S/C20H21F3N4O4/c1-30-10-11-31-16-7-6-13(12-25-16)26-19(29)27-9-8-24-18(28)17(27)14-4-2-3-5-15(14)20(21,22)23/h2-7,12,17H,8-11H2,1H3,(H,24,28)(H,26,29)/t17-/m1/s1. The van der Waals surface area contributed by atoms with Gasteiger partial charge >= 0.3 is 12.2 Å². The molecule has 2 N–H and O–H groups in total. The molecule has 2 aromatic rings. The van der Waals surface area contributed by atoms with Crippen molar-refractivity contribution in [1.82, 2.24) is 15.2 Å². The molecule has 31 heavy (non-hydrogen) atoms. The first-order valence-corrected chi connectivity index (χ1v) is 9.40. The number of piperazine rings is 1. The number of hydrogen-bond acceptors (Lipinski definition) is 5. The first kappa shape index (κ1) is 22.3. The number of carbonyl (C=O) groups excluding carboxylic acids is 2. The number of halogens is 3. The molecular weight excluding hydrogens is 417 g/mol. The number of benzene rings is 1. The fraction of sp³-hybridized carbons (Fsp3) is 0.350. The van der Waals surface area contributed by atoms with E-state index in [1.807, 2.05) is 0 Å². The van der Waals surface area contributed by atoms with Gasteiger partial charge in [-0.15, -0.1) is 0 Å². The van der Waals surface area contributed by atoms with Gasteiger partial charge in [-0.1, -0.05) is 18.2 Å². The van der Waals surface area contributed by atoms with Crippen molar-refractivity contribution in [2.75, 3.05) is 38.7 Å². The molecule has 0 bridgehead atoms. The fourth-order valence-electron chi connectivity index (χ4n) is 3.15. The molecule has 3 rings (SSSR count). The molecule has 1 aromatic heterocycles.